The lowest BCUT2D eigenvalue weighted by Gasteiger charge is -2.48. The topological polar surface area (TPSA) is 177 Å². The molecule has 1 saturated heterocycles. The molecule has 6 atom stereocenters. The third-order valence-electron chi connectivity index (χ3n) is 4.31. The van der Waals surface area contributed by atoms with Gasteiger partial charge in [0.25, 0.3) is 0 Å². The van der Waals surface area contributed by atoms with Gasteiger partial charge < -0.3 is 40.7 Å². The summed E-state index contributed by atoms with van der Waals surface area (Å²) in [6.07, 6.45) is -6.74. The first-order valence-corrected chi connectivity index (χ1v) is 7.57. The summed E-state index contributed by atoms with van der Waals surface area (Å²) in [7, 11) is 0. The Morgan fingerprint density at radius 2 is 1.88 bits per heavy atom. The Kier molecular flexibility index (Phi) is 7.08. The van der Waals surface area contributed by atoms with E-state index in [4.69, 9.17) is 14.9 Å². The second-order valence-electron chi connectivity index (χ2n) is 6.20. The Labute approximate surface area is 138 Å². The van der Waals surface area contributed by atoms with E-state index in [-0.39, 0.29) is 6.42 Å². The molecule has 1 rings (SSSR count). The van der Waals surface area contributed by atoms with Gasteiger partial charge in [0.15, 0.2) is 5.60 Å². The van der Waals surface area contributed by atoms with Crippen molar-refractivity contribution in [1.82, 2.24) is 5.32 Å². The van der Waals surface area contributed by atoms with Gasteiger partial charge in [0.2, 0.25) is 5.91 Å². The first-order valence-electron chi connectivity index (χ1n) is 7.57. The Hall–Kier alpha value is -1.30. The van der Waals surface area contributed by atoms with E-state index in [1.165, 1.54) is 0 Å². The van der Waals surface area contributed by atoms with Crippen LogP contribution in [-0.4, -0.2) is 91.8 Å². The predicted molar refractivity (Wildman–Crippen MR) is 78.8 cm³/mol. The van der Waals surface area contributed by atoms with E-state index in [1.807, 2.05) is 0 Å². The fraction of sp³-hybridized carbons (Fsp3) is 0.857. The molecule has 1 heterocycles. The summed E-state index contributed by atoms with van der Waals surface area (Å²) in [6.45, 7) is 1.39. The van der Waals surface area contributed by atoms with Crippen molar-refractivity contribution in [3.05, 3.63) is 0 Å². The highest BCUT2D eigenvalue weighted by Crippen LogP contribution is 2.37. The summed E-state index contributed by atoms with van der Waals surface area (Å²) in [5.41, 5.74) is -1.85. The minimum absolute atomic E-state index is 0.366. The van der Waals surface area contributed by atoms with Crippen LogP contribution in [0.2, 0.25) is 0 Å². The number of ether oxygens (including phenoxy) is 1. The number of carbonyl (C=O) groups is 2. The highest BCUT2D eigenvalue weighted by Gasteiger charge is 2.55. The Morgan fingerprint density at radius 1 is 1.29 bits per heavy atom. The van der Waals surface area contributed by atoms with Gasteiger partial charge in [-0.05, 0) is 5.92 Å². The number of carbonyl (C=O) groups excluding carboxylic acids is 1. The van der Waals surface area contributed by atoms with Crippen molar-refractivity contribution in [3.63, 3.8) is 0 Å². The van der Waals surface area contributed by atoms with Crippen molar-refractivity contribution in [2.75, 3.05) is 13.2 Å². The molecule has 24 heavy (non-hydrogen) atoms. The van der Waals surface area contributed by atoms with E-state index >= 15 is 0 Å². The molecule has 0 bridgehead atoms. The normalized spacial score (nSPS) is 33.1. The highest BCUT2D eigenvalue weighted by molar-refractivity contribution is 5.79. The fourth-order valence-corrected chi connectivity index (χ4v) is 2.80. The molecule has 10 heteroatoms. The van der Waals surface area contributed by atoms with E-state index in [9.17, 15) is 30.0 Å². The third kappa shape index (κ3) is 4.02. The summed E-state index contributed by atoms with van der Waals surface area (Å²) >= 11 is 0. The molecule has 0 spiro atoms. The summed E-state index contributed by atoms with van der Waals surface area (Å²) < 4.78 is 5.53. The maximum atomic E-state index is 11.7. The SMILES string of the molecule is CC(C)[C@]1(C(=O)O)C[C@@H](O)[C@@H](NC(=O)CO)C([C@H](O)[C@H](O)CO)O1. The van der Waals surface area contributed by atoms with Crippen LogP contribution in [0.5, 0.6) is 0 Å². The van der Waals surface area contributed by atoms with Crippen LogP contribution in [-0.2, 0) is 14.3 Å². The zero-order chi connectivity index (χ0) is 18.7. The zero-order valence-electron chi connectivity index (χ0n) is 13.5. The molecular formula is C14H25NO9. The molecular weight excluding hydrogens is 326 g/mol. The average Bonchev–Trinajstić information content (AvgIpc) is 2.54. The maximum absolute atomic E-state index is 11.7. The quantitative estimate of drug-likeness (QED) is 0.249. The van der Waals surface area contributed by atoms with Crippen LogP contribution >= 0.6 is 0 Å². The molecule has 1 amide bonds. The molecule has 140 valence electrons. The molecule has 0 aromatic heterocycles. The number of rotatable bonds is 7. The summed E-state index contributed by atoms with van der Waals surface area (Å²) in [4.78, 5) is 23.1. The molecule has 1 unspecified atom stereocenters. The molecule has 1 aliphatic heterocycles. The van der Waals surface area contributed by atoms with Gasteiger partial charge >= 0.3 is 5.97 Å². The van der Waals surface area contributed by atoms with Crippen LogP contribution in [0, 0.1) is 5.92 Å². The number of carboxylic acids is 1. The number of carboxylic acid groups (broad SMARTS) is 1. The van der Waals surface area contributed by atoms with Gasteiger partial charge in [0.05, 0.1) is 18.8 Å². The van der Waals surface area contributed by atoms with E-state index in [2.05, 4.69) is 5.32 Å². The number of aliphatic hydroxyl groups is 5. The van der Waals surface area contributed by atoms with Crippen molar-refractivity contribution >= 4 is 11.9 Å². The highest BCUT2D eigenvalue weighted by atomic mass is 16.6. The number of aliphatic hydroxyl groups excluding tert-OH is 5. The van der Waals surface area contributed by atoms with E-state index in [1.54, 1.807) is 13.8 Å². The molecule has 1 fully saturated rings. The maximum Gasteiger partial charge on any atom is 0.336 e. The third-order valence-corrected chi connectivity index (χ3v) is 4.31. The van der Waals surface area contributed by atoms with Crippen molar-refractivity contribution < 1.29 is 45.0 Å². The van der Waals surface area contributed by atoms with Gasteiger partial charge in [0.1, 0.15) is 24.9 Å². The van der Waals surface area contributed by atoms with Crippen LogP contribution in [0.3, 0.4) is 0 Å². The molecule has 0 aromatic carbocycles. The van der Waals surface area contributed by atoms with Gasteiger partial charge in [-0.1, -0.05) is 13.8 Å². The summed E-state index contributed by atoms with van der Waals surface area (Å²) in [6, 6.07) is -1.27. The molecule has 0 saturated carbocycles. The lowest BCUT2D eigenvalue weighted by atomic mass is 9.78. The van der Waals surface area contributed by atoms with E-state index < -0.39 is 67.1 Å². The van der Waals surface area contributed by atoms with Crippen LogP contribution in [0.25, 0.3) is 0 Å². The van der Waals surface area contributed by atoms with Gasteiger partial charge in [-0.2, -0.15) is 0 Å². The zero-order valence-corrected chi connectivity index (χ0v) is 13.5. The second kappa shape index (κ2) is 8.19. The number of amides is 1. The molecule has 10 nitrogen and oxygen atoms in total. The largest absolute Gasteiger partial charge is 0.479 e. The number of hydrogen-bond donors (Lipinski definition) is 7. The van der Waals surface area contributed by atoms with Gasteiger partial charge in [-0.25, -0.2) is 4.79 Å². The number of hydrogen-bond acceptors (Lipinski definition) is 8. The van der Waals surface area contributed by atoms with Crippen LogP contribution in [0.15, 0.2) is 0 Å². The van der Waals surface area contributed by atoms with Crippen molar-refractivity contribution in [1.29, 1.82) is 0 Å². The van der Waals surface area contributed by atoms with Gasteiger partial charge in [0, 0.05) is 6.42 Å². The van der Waals surface area contributed by atoms with Crippen molar-refractivity contribution in [2.45, 2.75) is 56.3 Å². The minimum atomic E-state index is -1.85. The summed E-state index contributed by atoms with van der Waals surface area (Å²) in [5, 5.41) is 59.7. The molecule has 0 aliphatic carbocycles. The monoisotopic (exact) mass is 351 g/mol. The Bertz CT molecular complexity index is 458. The van der Waals surface area contributed by atoms with Crippen LogP contribution < -0.4 is 5.32 Å². The first-order chi connectivity index (χ1) is 11.1. The molecule has 7 N–H and O–H groups in total. The number of aliphatic carboxylic acids is 1. The minimum Gasteiger partial charge on any atom is -0.479 e. The molecule has 0 aromatic rings. The Morgan fingerprint density at radius 3 is 2.29 bits per heavy atom. The lowest BCUT2D eigenvalue weighted by Crippen LogP contribution is -2.68. The van der Waals surface area contributed by atoms with Gasteiger partial charge in [-0.15, -0.1) is 0 Å². The Balaban J connectivity index is 3.23. The van der Waals surface area contributed by atoms with Crippen LogP contribution in [0.1, 0.15) is 20.3 Å². The standard InChI is InChI=1S/C14H25NO9/c1-6(2)14(13(22)23)3-7(18)10(15-9(20)5-17)12(24-14)11(21)8(19)4-16/h6-8,10-12,16-19,21H,3-5H2,1-2H3,(H,15,20)(H,22,23)/t7-,8-,10-,11-,12?,14+/m1/s1. The first kappa shape index (κ1) is 20.7. The van der Waals surface area contributed by atoms with Gasteiger partial charge in [-0.3, -0.25) is 4.79 Å². The molecule has 0 radical (unpaired) electrons. The lowest BCUT2D eigenvalue weighted by molar-refractivity contribution is -0.240. The predicted octanol–water partition coefficient (Wildman–Crippen LogP) is -3.19. The van der Waals surface area contributed by atoms with Crippen molar-refractivity contribution in [3.8, 4) is 0 Å². The summed E-state index contributed by atoms with van der Waals surface area (Å²) in [5.74, 6) is -2.83. The number of nitrogens with one attached hydrogen (secondary N) is 1. The van der Waals surface area contributed by atoms with E-state index in [0.717, 1.165) is 0 Å². The molecule has 1 aliphatic rings. The van der Waals surface area contributed by atoms with E-state index in [0.29, 0.717) is 0 Å². The smallest absolute Gasteiger partial charge is 0.336 e. The van der Waals surface area contributed by atoms with Crippen LogP contribution in [0.4, 0.5) is 0 Å². The second-order valence-corrected chi connectivity index (χ2v) is 6.20. The average molecular weight is 351 g/mol. The fourth-order valence-electron chi connectivity index (χ4n) is 2.80. The van der Waals surface area contributed by atoms with Crippen molar-refractivity contribution in [2.24, 2.45) is 5.92 Å².